The molecule has 0 saturated carbocycles. The van der Waals surface area contributed by atoms with Crippen LogP contribution in [0.5, 0.6) is 5.75 Å². The summed E-state index contributed by atoms with van der Waals surface area (Å²) in [4.78, 5) is 23.4. The number of ether oxygens (including phenoxy) is 1. The molecule has 0 aliphatic rings. The molecule has 0 spiro atoms. The van der Waals surface area contributed by atoms with Gasteiger partial charge in [0.2, 0.25) is 0 Å². The first-order valence-electron chi connectivity index (χ1n) is 12.2. The monoisotopic (exact) mass is 503 g/mol. The molecule has 3 aromatic rings. The van der Waals surface area contributed by atoms with Crippen LogP contribution in [-0.4, -0.2) is 64.6 Å². The van der Waals surface area contributed by atoms with Gasteiger partial charge in [0.1, 0.15) is 17.1 Å². The van der Waals surface area contributed by atoms with E-state index in [-0.39, 0.29) is 16.3 Å². The average Bonchev–Trinajstić information content (AvgIpc) is 3.14. The molecule has 0 saturated heterocycles. The third-order valence-corrected chi connectivity index (χ3v) is 7.11. The molecule has 0 radical (unpaired) electrons. The molecule has 0 atom stereocenters. The first-order chi connectivity index (χ1) is 16.5. The molecule has 9 nitrogen and oxygen atoms in total. The summed E-state index contributed by atoms with van der Waals surface area (Å²) in [7, 11) is -3.46. The molecule has 1 N–H and O–H groups in total. The maximum absolute atomic E-state index is 13.3. The zero-order chi connectivity index (χ0) is 25.9. The minimum Gasteiger partial charge on any atom is -0.493 e. The average molecular weight is 504 g/mol. The highest BCUT2D eigenvalue weighted by Gasteiger charge is 2.21. The number of aromatic nitrogens is 4. The molecule has 0 aliphatic carbocycles. The number of fused-ring (bicyclic) bond motifs is 1. The van der Waals surface area contributed by atoms with Gasteiger partial charge >= 0.3 is 0 Å². The van der Waals surface area contributed by atoms with E-state index >= 15 is 0 Å². The molecule has 2 heterocycles. The van der Waals surface area contributed by atoms with Crippen LogP contribution in [0, 0.1) is 0 Å². The van der Waals surface area contributed by atoms with Crippen molar-refractivity contribution >= 4 is 20.9 Å². The molecule has 0 bridgehead atoms. The molecule has 0 aliphatic heterocycles. The predicted molar refractivity (Wildman–Crippen MR) is 139 cm³/mol. The number of hydrogen-bond acceptors (Lipinski definition) is 7. The van der Waals surface area contributed by atoms with Gasteiger partial charge in [-0.05, 0) is 58.7 Å². The second kappa shape index (κ2) is 10.9. The van der Waals surface area contributed by atoms with Crippen LogP contribution in [0.1, 0.15) is 53.7 Å². The lowest BCUT2D eigenvalue weighted by molar-refractivity contribution is 0.167. The summed E-state index contributed by atoms with van der Waals surface area (Å²) in [5, 5.41) is 4.70. The highest BCUT2D eigenvalue weighted by Crippen LogP contribution is 2.31. The largest absolute Gasteiger partial charge is 0.493 e. The van der Waals surface area contributed by atoms with Crippen molar-refractivity contribution in [2.75, 3.05) is 19.4 Å². The van der Waals surface area contributed by atoms with Gasteiger partial charge in [0.25, 0.3) is 5.56 Å². The molecule has 10 heteroatoms. The molecule has 0 fully saturated rings. The summed E-state index contributed by atoms with van der Waals surface area (Å²) in [6, 6.07) is 5.36. The third kappa shape index (κ3) is 5.92. The lowest BCUT2D eigenvalue weighted by Crippen LogP contribution is -2.39. The van der Waals surface area contributed by atoms with Crippen LogP contribution in [-0.2, 0) is 22.8 Å². The first-order valence-corrected chi connectivity index (χ1v) is 14.1. The highest BCUT2D eigenvalue weighted by atomic mass is 32.2. The zero-order valence-electron chi connectivity index (χ0n) is 21.8. The molecule has 3 rings (SSSR count). The summed E-state index contributed by atoms with van der Waals surface area (Å²) in [6.45, 7) is 14.3. The van der Waals surface area contributed by atoms with E-state index in [1.165, 1.54) is 12.1 Å². The number of H-pyrrole nitrogens is 1. The Morgan fingerprint density at radius 3 is 2.40 bits per heavy atom. The Morgan fingerprint density at radius 1 is 1.14 bits per heavy atom. The SMILES string of the molecule is CCCOc1ccc(S(C)(=O)=O)cc1-c1nc2c(CC)nn(CCN(C(C)C)C(C)C)c2c(=O)[nH]1. The fourth-order valence-corrected chi connectivity index (χ4v) is 4.91. The van der Waals surface area contributed by atoms with Crippen LogP contribution in [0.25, 0.3) is 22.4 Å². The maximum atomic E-state index is 13.3. The minimum absolute atomic E-state index is 0.132. The van der Waals surface area contributed by atoms with Gasteiger partial charge in [-0.2, -0.15) is 5.10 Å². The number of nitrogens with one attached hydrogen (secondary N) is 1. The quantitative estimate of drug-likeness (QED) is 0.425. The third-order valence-electron chi connectivity index (χ3n) is 6.00. The van der Waals surface area contributed by atoms with Gasteiger partial charge in [0, 0.05) is 24.9 Å². The van der Waals surface area contributed by atoms with Crippen LogP contribution in [0.3, 0.4) is 0 Å². The normalized spacial score (nSPS) is 12.4. The van der Waals surface area contributed by atoms with Crippen molar-refractivity contribution in [3.63, 3.8) is 0 Å². The number of hydrogen-bond donors (Lipinski definition) is 1. The lowest BCUT2D eigenvalue weighted by atomic mass is 10.1. The summed E-state index contributed by atoms with van der Waals surface area (Å²) in [5.41, 5.74) is 1.79. The molecule has 35 heavy (non-hydrogen) atoms. The summed E-state index contributed by atoms with van der Waals surface area (Å²) < 4.78 is 32.0. The molecule has 192 valence electrons. The standard InChI is InChI=1S/C25H37N5O4S/c1-8-14-34-21-11-10-18(35(7,32)33)15-19(21)24-26-22-20(9-2)28-30(23(22)25(31)27-24)13-12-29(16(3)4)17(5)6/h10-11,15-17H,8-9,12-14H2,1-7H3,(H,26,27,31). The van der Waals surface area contributed by atoms with Crippen molar-refractivity contribution < 1.29 is 13.2 Å². The van der Waals surface area contributed by atoms with Gasteiger partial charge in [0.05, 0.1) is 29.3 Å². The van der Waals surface area contributed by atoms with E-state index in [2.05, 4.69) is 37.6 Å². The van der Waals surface area contributed by atoms with Gasteiger partial charge < -0.3 is 9.72 Å². The van der Waals surface area contributed by atoms with Crippen LogP contribution in [0.4, 0.5) is 0 Å². The zero-order valence-corrected chi connectivity index (χ0v) is 22.6. The Hall–Kier alpha value is -2.72. The molecule has 1 aromatic carbocycles. The summed E-state index contributed by atoms with van der Waals surface area (Å²) >= 11 is 0. The Labute approximate surface area is 207 Å². The summed E-state index contributed by atoms with van der Waals surface area (Å²) in [6.07, 6.45) is 2.54. The van der Waals surface area contributed by atoms with E-state index in [4.69, 9.17) is 14.8 Å². The molecular weight excluding hydrogens is 466 g/mol. The number of aromatic amines is 1. The van der Waals surface area contributed by atoms with Crippen LogP contribution >= 0.6 is 0 Å². The minimum atomic E-state index is -3.46. The Kier molecular flexibility index (Phi) is 8.38. The van der Waals surface area contributed by atoms with Gasteiger partial charge in [-0.3, -0.25) is 14.4 Å². The summed E-state index contributed by atoms with van der Waals surface area (Å²) in [5.74, 6) is 0.732. The lowest BCUT2D eigenvalue weighted by Gasteiger charge is -2.30. The number of nitrogens with zero attached hydrogens (tertiary/aromatic N) is 4. The van der Waals surface area contributed by atoms with Gasteiger partial charge in [-0.25, -0.2) is 13.4 Å². The Morgan fingerprint density at radius 2 is 1.83 bits per heavy atom. The molecular formula is C25H37N5O4S. The van der Waals surface area contributed by atoms with Crippen molar-refractivity contribution in [3.8, 4) is 17.1 Å². The number of rotatable bonds is 11. The topological polar surface area (TPSA) is 110 Å². The van der Waals surface area contributed by atoms with Gasteiger partial charge in [0.15, 0.2) is 15.4 Å². The van der Waals surface area contributed by atoms with E-state index < -0.39 is 9.84 Å². The van der Waals surface area contributed by atoms with Crippen molar-refractivity contribution in [3.05, 3.63) is 34.2 Å². The maximum Gasteiger partial charge on any atom is 0.277 e. The Balaban J connectivity index is 2.14. The second-order valence-corrected chi connectivity index (χ2v) is 11.4. The van der Waals surface area contributed by atoms with E-state index in [1.807, 2.05) is 13.8 Å². The molecule has 0 amide bonds. The smallest absolute Gasteiger partial charge is 0.277 e. The van der Waals surface area contributed by atoms with Crippen LogP contribution in [0.2, 0.25) is 0 Å². The van der Waals surface area contributed by atoms with E-state index in [9.17, 15) is 13.2 Å². The number of sulfone groups is 1. The van der Waals surface area contributed by atoms with Gasteiger partial charge in [-0.1, -0.05) is 13.8 Å². The fraction of sp³-hybridized carbons (Fsp3) is 0.560. The van der Waals surface area contributed by atoms with Crippen LogP contribution in [0.15, 0.2) is 27.9 Å². The molecule has 2 aromatic heterocycles. The number of benzene rings is 1. The number of aryl methyl sites for hydroxylation is 1. The van der Waals surface area contributed by atoms with Crippen molar-refractivity contribution in [1.29, 1.82) is 0 Å². The van der Waals surface area contributed by atoms with Gasteiger partial charge in [-0.15, -0.1) is 0 Å². The van der Waals surface area contributed by atoms with Crippen LogP contribution < -0.4 is 10.3 Å². The predicted octanol–water partition coefficient (Wildman–Crippen LogP) is 3.66. The Bertz CT molecular complexity index is 1330. The van der Waals surface area contributed by atoms with E-state index in [1.54, 1.807) is 10.7 Å². The fourth-order valence-electron chi connectivity index (χ4n) is 4.26. The van der Waals surface area contributed by atoms with Crippen molar-refractivity contribution in [2.45, 2.75) is 77.9 Å². The highest BCUT2D eigenvalue weighted by molar-refractivity contribution is 7.90. The second-order valence-electron chi connectivity index (χ2n) is 9.34. The van der Waals surface area contributed by atoms with E-state index in [0.717, 1.165) is 24.9 Å². The van der Waals surface area contributed by atoms with E-state index in [0.29, 0.717) is 54.0 Å². The van der Waals surface area contributed by atoms with Crippen molar-refractivity contribution in [1.82, 2.24) is 24.6 Å². The van der Waals surface area contributed by atoms with Crippen molar-refractivity contribution in [2.24, 2.45) is 0 Å². The first kappa shape index (κ1) is 26.9. The molecule has 0 unspecified atom stereocenters.